The zero-order chi connectivity index (χ0) is 9.56. The van der Waals surface area contributed by atoms with Gasteiger partial charge in [0.25, 0.3) is 0 Å². The maximum atomic E-state index is 9.21. The Kier molecular flexibility index (Phi) is 6.34. The molecule has 0 saturated carbocycles. The van der Waals surface area contributed by atoms with Gasteiger partial charge in [0.05, 0.1) is 6.10 Å². The summed E-state index contributed by atoms with van der Waals surface area (Å²) < 4.78 is 0. The van der Waals surface area contributed by atoms with Crippen LogP contribution in [-0.2, 0) is 0 Å². The topological polar surface area (TPSA) is 49.5 Å². The fraction of sp³-hybridized carbons (Fsp3) is 1.00. The summed E-state index contributed by atoms with van der Waals surface area (Å²) in [6, 6.07) is 0.593. The molecule has 12 heavy (non-hydrogen) atoms. The molecule has 0 aromatic heterocycles. The minimum Gasteiger partial charge on any atom is -0.392 e. The van der Waals surface area contributed by atoms with Crippen molar-refractivity contribution in [1.29, 1.82) is 0 Å². The van der Waals surface area contributed by atoms with Crippen molar-refractivity contribution in [2.75, 3.05) is 20.1 Å². The predicted octanol–water partition coefficient (Wildman–Crippen LogP) is 0.426. The Balaban J connectivity index is 3.49. The van der Waals surface area contributed by atoms with Gasteiger partial charge in [0.15, 0.2) is 0 Å². The van der Waals surface area contributed by atoms with Crippen molar-refractivity contribution in [3.63, 3.8) is 0 Å². The molecule has 0 radical (unpaired) electrons. The van der Waals surface area contributed by atoms with Crippen LogP contribution in [-0.4, -0.2) is 42.3 Å². The van der Waals surface area contributed by atoms with Gasteiger partial charge in [-0.05, 0) is 26.8 Å². The maximum absolute atomic E-state index is 9.21. The molecule has 0 aliphatic heterocycles. The van der Waals surface area contributed by atoms with Gasteiger partial charge < -0.3 is 15.7 Å². The summed E-state index contributed by atoms with van der Waals surface area (Å²) in [7, 11) is 2.08. The number of hydrogen-bond acceptors (Lipinski definition) is 3. The monoisotopic (exact) mass is 174 g/mol. The van der Waals surface area contributed by atoms with Crippen LogP contribution < -0.4 is 5.73 Å². The first-order valence-corrected chi connectivity index (χ1v) is 4.70. The molecular formula is C9H22N2O. The lowest BCUT2D eigenvalue weighted by molar-refractivity contribution is 0.143. The second kappa shape index (κ2) is 6.40. The van der Waals surface area contributed by atoms with E-state index >= 15 is 0 Å². The number of nitrogens with zero attached hydrogens (tertiary/aromatic N) is 1. The molecule has 0 aliphatic carbocycles. The number of aliphatic hydroxyl groups excluding tert-OH is 1. The highest BCUT2D eigenvalue weighted by atomic mass is 16.3. The summed E-state index contributed by atoms with van der Waals surface area (Å²) in [5.41, 5.74) is 5.30. The van der Waals surface area contributed by atoms with Crippen molar-refractivity contribution in [2.24, 2.45) is 5.73 Å². The first-order valence-electron chi connectivity index (χ1n) is 4.70. The van der Waals surface area contributed by atoms with Crippen LogP contribution in [0.3, 0.4) is 0 Å². The van der Waals surface area contributed by atoms with Gasteiger partial charge in [-0.1, -0.05) is 6.92 Å². The highest BCUT2D eigenvalue weighted by molar-refractivity contribution is 4.64. The van der Waals surface area contributed by atoms with Crippen molar-refractivity contribution in [3.05, 3.63) is 0 Å². The molecule has 0 amide bonds. The Labute approximate surface area is 75.6 Å². The third kappa shape index (κ3) is 4.70. The Morgan fingerprint density at radius 1 is 1.50 bits per heavy atom. The maximum Gasteiger partial charge on any atom is 0.0674 e. The van der Waals surface area contributed by atoms with Gasteiger partial charge >= 0.3 is 0 Å². The molecule has 3 N–H and O–H groups in total. The SMILES string of the molecule is CCC(C)N(C)CCC(O)CN. The Bertz CT molecular complexity index is 109. The van der Waals surface area contributed by atoms with E-state index in [1.807, 2.05) is 0 Å². The van der Waals surface area contributed by atoms with Crippen molar-refractivity contribution in [3.8, 4) is 0 Å². The lowest BCUT2D eigenvalue weighted by Crippen LogP contribution is -2.32. The molecule has 0 saturated heterocycles. The smallest absolute Gasteiger partial charge is 0.0674 e. The van der Waals surface area contributed by atoms with Gasteiger partial charge in [0.1, 0.15) is 0 Å². The Morgan fingerprint density at radius 2 is 2.08 bits per heavy atom. The normalized spacial score (nSPS) is 16.5. The first-order chi connectivity index (χ1) is 5.61. The van der Waals surface area contributed by atoms with Gasteiger partial charge in [-0.15, -0.1) is 0 Å². The van der Waals surface area contributed by atoms with E-state index in [2.05, 4.69) is 25.8 Å². The van der Waals surface area contributed by atoms with Gasteiger partial charge in [0.2, 0.25) is 0 Å². The molecule has 0 bridgehead atoms. The van der Waals surface area contributed by atoms with Crippen molar-refractivity contribution in [2.45, 2.75) is 38.8 Å². The molecule has 3 nitrogen and oxygen atoms in total. The molecule has 0 spiro atoms. The highest BCUT2D eigenvalue weighted by Gasteiger charge is 2.08. The third-order valence-corrected chi connectivity index (χ3v) is 2.43. The molecule has 0 rings (SSSR count). The van der Waals surface area contributed by atoms with Crippen LogP contribution in [0.2, 0.25) is 0 Å². The van der Waals surface area contributed by atoms with Gasteiger partial charge in [0, 0.05) is 19.1 Å². The summed E-state index contributed by atoms with van der Waals surface area (Å²) in [6.45, 7) is 5.65. The Hall–Kier alpha value is -0.120. The van der Waals surface area contributed by atoms with Gasteiger partial charge in [-0.3, -0.25) is 0 Å². The molecule has 3 heteroatoms. The minimum absolute atomic E-state index is 0.337. The van der Waals surface area contributed by atoms with Crippen LogP contribution >= 0.6 is 0 Å². The number of aliphatic hydroxyl groups is 1. The van der Waals surface area contributed by atoms with Gasteiger partial charge in [-0.2, -0.15) is 0 Å². The van der Waals surface area contributed by atoms with E-state index in [1.54, 1.807) is 0 Å². The fourth-order valence-electron chi connectivity index (χ4n) is 1.00. The van der Waals surface area contributed by atoms with E-state index in [0.29, 0.717) is 12.6 Å². The van der Waals surface area contributed by atoms with Crippen molar-refractivity contribution in [1.82, 2.24) is 4.90 Å². The molecule has 0 fully saturated rings. The zero-order valence-electron chi connectivity index (χ0n) is 8.45. The largest absolute Gasteiger partial charge is 0.392 e. The van der Waals surface area contributed by atoms with E-state index < -0.39 is 0 Å². The number of nitrogens with two attached hydrogens (primary N) is 1. The van der Waals surface area contributed by atoms with E-state index in [4.69, 9.17) is 5.73 Å². The second-order valence-electron chi connectivity index (χ2n) is 3.42. The van der Waals surface area contributed by atoms with Crippen LogP contribution in [0.5, 0.6) is 0 Å². The van der Waals surface area contributed by atoms with Crippen molar-refractivity contribution < 1.29 is 5.11 Å². The molecule has 0 aromatic carbocycles. The number of hydrogen-bond donors (Lipinski definition) is 2. The summed E-state index contributed by atoms with van der Waals surface area (Å²) in [5, 5.41) is 9.21. The number of rotatable bonds is 6. The molecular weight excluding hydrogens is 152 g/mol. The van der Waals surface area contributed by atoms with E-state index in [1.165, 1.54) is 0 Å². The average molecular weight is 174 g/mol. The van der Waals surface area contributed by atoms with E-state index in [-0.39, 0.29) is 6.10 Å². The highest BCUT2D eigenvalue weighted by Crippen LogP contribution is 2.01. The zero-order valence-corrected chi connectivity index (χ0v) is 8.45. The molecule has 0 aliphatic rings. The molecule has 2 unspecified atom stereocenters. The van der Waals surface area contributed by atoms with Crippen LogP contribution in [0.25, 0.3) is 0 Å². The average Bonchev–Trinajstić information content (AvgIpc) is 2.11. The summed E-state index contributed by atoms with van der Waals surface area (Å²) in [4.78, 5) is 2.25. The Morgan fingerprint density at radius 3 is 2.50 bits per heavy atom. The van der Waals surface area contributed by atoms with E-state index in [9.17, 15) is 5.11 Å². The van der Waals surface area contributed by atoms with Crippen LogP contribution in [0.15, 0.2) is 0 Å². The summed E-state index contributed by atoms with van der Waals surface area (Å²) >= 11 is 0. The van der Waals surface area contributed by atoms with Gasteiger partial charge in [-0.25, -0.2) is 0 Å². The quantitative estimate of drug-likeness (QED) is 0.614. The summed E-state index contributed by atoms with van der Waals surface area (Å²) in [6.07, 6.45) is 1.59. The summed E-state index contributed by atoms with van der Waals surface area (Å²) in [5.74, 6) is 0. The second-order valence-corrected chi connectivity index (χ2v) is 3.42. The minimum atomic E-state index is -0.337. The van der Waals surface area contributed by atoms with Crippen LogP contribution in [0, 0.1) is 0 Å². The molecule has 2 atom stereocenters. The van der Waals surface area contributed by atoms with Crippen LogP contribution in [0.4, 0.5) is 0 Å². The fourth-order valence-corrected chi connectivity index (χ4v) is 1.00. The lowest BCUT2D eigenvalue weighted by Gasteiger charge is -2.24. The molecule has 0 heterocycles. The lowest BCUT2D eigenvalue weighted by atomic mass is 10.2. The first kappa shape index (κ1) is 11.9. The van der Waals surface area contributed by atoms with Crippen LogP contribution in [0.1, 0.15) is 26.7 Å². The predicted molar refractivity (Wildman–Crippen MR) is 52.1 cm³/mol. The van der Waals surface area contributed by atoms with E-state index in [0.717, 1.165) is 19.4 Å². The third-order valence-electron chi connectivity index (χ3n) is 2.43. The molecule has 0 aromatic rings. The molecule has 74 valence electrons. The van der Waals surface area contributed by atoms with Crippen molar-refractivity contribution >= 4 is 0 Å². The standard InChI is InChI=1S/C9H22N2O/c1-4-8(2)11(3)6-5-9(12)7-10/h8-9,12H,4-7,10H2,1-3H3.